The normalized spacial score (nSPS) is 22.4. The van der Waals surface area contributed by atoms with Crippen molar-refractivity contribution in [1.82, 2.24) is 0 Å². The van der Waals surface area contributed by atoms with E-state index in [2.05, 4.69) is 57.3 Å². The molecule has 0 fully saturated rings. The van der Waals surface area contributed by atoms with Gasteiger partial charge in [0.25, 0.3) is 0 Å². The van der Waals surface area contributed by atoms with Gasteiger partial charge in [0.15, 0.2) is 0 Å². The van der Waals surface area contributed by atoms with Crippen molar-refractivity contribution in [2.24, 2.45) is 15.8 Å². The number of anilines is 1. The summed E-state index contributed by atoms with van der Waals surface area (Å²) in [6.07, 6.45) is 5.64. The Morgan fingerprint density at radius 2 is 1.74 bits per heavy atom. The number of rotatable bonds is 3. The first-order valence-corrected chi connectivity index (χ1v) is 6.92. The lowest BCUT2D eigenvalue weighted by atomic mass is 9.71. The Bertz CT molecular complexity index is 481. The minimum absolute atomic E-state index is 0.0773. The van der Waals surface area contributed by atoms with Gasteiger partial charge < -0.3 is 5.32 Å². The largest absolute Gasteiger partial charge is 0.366 e. The molecule has 1 N–H and O–H groups in total. The van der Waals surface area contributed by atoms with Gasteiger partial charge in [-0.05, 0) is 24.0 Å². The predicted molar refractivity (Wildman–Crippen MR) is 83.7 cm³/mol. The third kappa shape index (κ3) is 3.69. The van der Waals surface area contributed by atoms with Crippen LogP contribution in [0.3, 0.4) is 0 Å². The number of aliphatic imine (C=N–C) groups is 1. The molecule has 19 heavy (non-hydrogen) atoms. The van der Waals surface area contributed by atoms with Gasteiger partial charge in [0.1, 0.15) is 6.67 Å². The Balaban J connectivity index is 2.04. The molecule has 0 saturated heterocycles. The van der Waals surface area contributed by atoms with Crippen LogP contribution in [0, 0.1) is 10.8 Å². The minimum Gasteiger partial charge on any atom is -0.366 e. The molecule has 0 saturated carbocycles. The monoisotopic (exact) mass is 256 g/mol. The summed E-state index contributed by atoms with van der Waals surface area (Å²) in [7, 11) is 0. The summed E-state index contributed by atoms with van der Waals surface area (Å²) in [6.45, 7) is 9.64. The molecular formula is C17H24N2. The van der Waals surface area contributed by atoms with Crippen molar-refractivity contribution in [3.63, 3.8) is 0 Å². The van der Waals surface area contributed by atoms with E-state index in [0.717, 1.165) is 12.1 Å². The predicted octanol–water partition coefficient (Wildman–Crippen LogP) is 4.51. The van der Waals surface area contributed by atoms with Gasteiger partial charge >= 0.3 is 0 Å². The fourth-order valence-electron chi connectivity index (χ4n) is 2.29. The molecule has 102 valence electrons. The number of benzene rings is 1. The van der Waals surface area contributed by atoms with Crippen molar-refractivity contribution >= 4 is 11.4 Å². The molecule has 0 aromatic heterocycles. The average Bonchev–Trinajstić information content (AvgIpc) is 2.35. The zero-order valence-corrected chi connectivity index (χ0v) is 12.4. The summed E-state index contributed by atoms with van der Waals surface area (Å²) in [5, 5.41) is 3.35. The van der Waals surface area contributed by atoms with E-state index in [1.807, 2.05) is 18.2 Å². The zero-order valence-electron chi connectivity index (χ0n) is 12.4. The van der Waals surface area contributed by atoms with Crippen LogP contribution in [0.4, 0.5) is 5.69 Å². The Hall–Kier alpha value is -1.57. The number of para-hydroxylation sites is 1. The standard InChI is InChI=1S/C17H24N2/c1-16(2)10-11-17(3,4)15(12-16)19-13-18-14-8-6-5-7-9-14/h5-11,18H,12-13H2,1-4H3. The first-order valence-electron chi connectivity index (χ1n) is 6.92. The van der Waals surface area contributed by atoms with E-state index in [1.165, 1.54) is 5.71 Å². The molecule has 0 bridgehead atoms. The second-order valence-electron chi connectivity index (χ2n) is 6.53. The molecule has 1 aliphatic carbocycles. The van der Waals surface area contributed by atoms with Crippen LogP contribution >= 0.6 is 0 Å². The molecule has 2 rings (SSSR count). The molecule has 0 heterocycles. The molecule has 2 nitrogen and oxygen atoms in total. The van der Waals surface area contributed by atoms with Crippen LogP contribution < -0.4 is 5.32 Å². The van der Waals surface area contributed by atoms with Crippen molar-refractivity contribution in [2.75, 3.05) is 12.0 Å². The first kappa shape index (κ1) is 13.9. The van der Waals surface area contributed by atoms with Gasteiger partial charge in [0.2, 0.25) is 0 Å². The smallest absolute Gasteiger partial charge is 0.107 e. The Labute approximate surface area is 116 Å². The molecule has 0 aliphatic heterocycles. The SMILES string of the molecule is CC1(C)C=CC(C)(C)C(=NCNc2ccccc2)C1. The molecule has 2 heteroatoms. The summed E-state index contributed by atoms with van der Waals surface area (Å²) in [5.74, 6) is 0. The number of nitrogens with one attached hydrogen (secondary N) is 1. The van der Waals surface area contributed by atoms with Gasteiger partial charge in [-0.25, -0.2) is 0 Å². The van der Waals surface area contributed by atoms with Crippen LogP contribution in [-0.2, 0) is 0 Å². The highest BCUT2D eigenvalue weighted by Gasteiger charge is 2.32. The van der Waals surface area contributed by atoms with E-state index in [0.29, 0.717) is 6.67 Å². The number of hydrogen-bond donors (Lipinski definition) is 1. The maximum atomic E-state index is 4.78. The summed E-state index contributed by atoms with van der Waals surface area (Å²) in [4.78, 5) is 4.78. The Morgan fingerprint density at radius 1 is 1.05 bits per heavy atom. The molecule has 1 aromatic carbocycles. The maximum Gasteiger partial charge on any atom is 0.107 e. The van der Waals surface area contributed by atoms with Crippen molar-refractivity contribution < 1.29 is 0 Å². The minimum atomic E-state index is 0.0773. The summed E-state index contributed by atoms with van der Waals surface area (Å²) >= 11 is 0. The molecule has 1 aliphatic rings. The van der Waals surface area contributed by atoms with Crippen molar-refractivity contribution in [3.8, 4) is 0 Å². The first-order chi connectivity index (χ1) is 8.89. The number of nitrogens with zero attached hydrogens (tertiary/aromatic N) is 1. The van der Waals surface area contributed by atoms with Crippen LogP contribution in [0.2, 0.25) is 0 Å². The van der Waals surface area contributed by atoms with Gasteiger partial charge in [0.05, 0.1) is 0 Å². The third-order valence-corrected chi connectivity index (χ3v) is 3.64. The van der Waals surface area contributed by atoms with E-state index in [9.17, 15) is 0 Å². The molecule has 0 amide bonds. The average molecular weight is 256 g/mol. The second kappa shape index (κ2) is 5.20. The van der Waals surface area contributed by atoms with Crippen molar-refractivity contribution in [1.29, 1.82) is 0 Å². The summed E-state index contributed by atoms with van der Waals surface area (Å²) < 4.78 is 0. The topological polar surface area (TPSA) is 24.4 Å². The second-order valence-corrected chi connectivity index (χ2v) is 6.53. The lowest BCUT2D eigenvalue weighted by Crippen LogP contribution is -2.32. The summed E-state index contributed by atoms with van der Waals surface area (Å²) in [5.41, 5.74) is 2.70. The van der Waals surface area contributed by atoms with E-state index in [4.69, 9.17) is 4.99 Å². The summed E-state index contributed by atoms with van der Waals surface area (Å²) in [6, 6.07) is 10.2. The highest BCUT2D eigenvalue weighted by Crippen LogP contribution is 2.36. The Kier molecular flexibility index (Phi) is 3.79. The van der Waals surface area contributed by atoms with Gasteiger partial charge in [-0.1, -0.05) is 58.0 Å². The van der Waals surface area contributed by atoms with Crippen molar-refractivity contribution in [3.05, 3.63) is 42.5 Å². The fourth-order valence-corrected chi connectivity index (χ4v) is 2.29. The molecule has 0 unspecified atom stereocenters. The molecule has 1 aromatic rings. The van der Waals surface area contributed by atoms with Gasteiger partial charge in [-0.3, -0.25) is 4.99 Å². The van der Waals surface area contributed by atoms with Crippen LogP contribution in [0.5, 0.6) is 0 Å². The van der Waals surface area contributed by atoms with E-state index >= 15 is 0 Å². The van der Waals surface area contributed by atoms with E-state index < -0.39 is 0 Å². The van der Waals surface area contributed by atoms with E-state index in [-0.39, 0.29) is 10.8 Å². The van der Waals surface area contributed by atoms with Gasteiger partial charge in [-0.15, -0.1) is 0 Å². The molecule has 0 radical (unpaired) electrons. The third-order valence-electron chi connectivity index (χ3n) is 3.64. The molecule has 0 spiro atoms. The highest BCUT2D eigenvalue weighted by atomic mass is 15.0. The molecule has 0 atom stereocenters. The molecular weight excluding hydrogens is 232 g/mol. The zero-order chi connectivity index (χ0) is 13.9. The lowest BCUT2D eigenvalue weighted by Gasteiger charge is -2.35. The fraction of sp³-hybridized carbons (Fsp3) is 0.471. The number of allylic oxidation sites excluding steroid dienone is 2. The van der Waals surface area contributed by atoms with Crippen molar-refractivity contribution in [2.45, 2.75) is 34.1 Å². The van der Waals surface area contributed by atoms with Crippen LogP contribution in [0.1, 0.15) is 34.1 Å². The van der Waals surface area contributed by atoms with Gasteiger partial charge in [0, 0.05) is 16.8 Å². The lowest BCUT2D eigenvalue weighted by molar-refractivity contribution is 0.452. The van der Waals surface area contributed by atoms with Crippen LogP contribution in [0.15, 0.2) is 47.5 Å². The van der Waals surface area contributed by atoms with Gasteiger partial charge in [-0.2, -0.15) is 0 Å². The quantitative estimate of drug-likeness (QED) is 0.791. The number of hydrogen-bond acceptors (Lipinski definition) is 2. The van der Waals surface area contributed by atoms with Crippen LogP contribution in [0.25, 0.3) is 0 Å². The highest BCUT2D eigenvalue weighted by molar-refractivity contribution is 5.93. The Morgan fingerprint density at radius 3 is 2.42 bits per heavy atom. The van der Waals surface area contributed by atoms with E-state index in [1.54, 1.807) is 0 Å². The maximum absolute atomic E-state index is 4.78. The van der Waals surface area contributed by atoms with Crippen LogP contribution in [-0.4, -0.2) is 12.4 Å².